The standard InChI is InChI=1S/C39H61FN6O6SSi/c1-11-34(47)43-24-30(18-29(43)21-40)46-33-20-31(53(49,50)44(39(7)14-15-39)25-51-16-17-54(8,9)10)19-32(35(33)36(41-46)28-12-13-28)42-22-26(2)45(27(3)23-42)37(48)52-38(4,5)6/h11,19-20,26-30H,1,12-18,21-25H2,2-10H3/t26-,27-,29-,30+/m0/s1. The Morgan fingerprint density at radius 2 is 1.76 bits per heavy atom. The van der Waals surface area contributed by atoms with Gasteiger partial charge in [0.05, 0.1) is 40.3 Å². The summed E-state index contributed by atoms with van der Waals surface area (Å²) in [6, 6.07) is 2.99. The van der Waals surface area contributed by atoms with Gasteiger partial charge >= 0.3 is 6.09 Å². The maximum absolute atomic E-state index is 15.0. The zero-order valence-corrected chi connectivity index (χ0v) is 35.5. The minimum atomic E-state index is -4.09. The number of hydrogen-bond acceptors (Lipinski definition) is 8. The molecule has 4 fully saturated rings. The van der Waals surface area contributed by atoms with Crippen LogP contribution in [0.25, 0.3) is 10.9 Å². The van der Waals surface area contributed by atoms with E-state index in [4.69, 9.17) is 14.6 Å². The molecule has 0 N–H and O–H groups in total. The molecule has 0 radical (unpaired) electrons. The Morgan fingerprint density at radius 1 is 1.11 bits per heavy atom. The average Bonchev–Trinajstić information content (AvgIpc) is 3.97. The fourth-order valence-corrected chi connectivity index (χ4v) is 10.5. The summed E-state index contributed by atoms with van der Waals surface area (Å²) in [4.78, 5) is 31.8. The predicted molar refractivity (Wildman–Crippen MR) is 212 cm³/mol. The molecule has 1 aromatic carbocycles. The van der Waals surface area contributed by atoms with Crippen LogP contribution >= 0.6 is 0 Å². The number of carbonyl (C=O) groups excluding carboxylic acids is 2. The number of halogens is 1. The first-order valence-corrected chi connectivity index (χ1v) is 24.7. The Bertz CT molecular complexity index is 1850. The molecule has 2 aromatic rings. The van der Waals surface area contributed by atoms with Crippen molar-refractivity contribution in [1.82, 2.24) is 23.9 Å². The van der Waals surface area contributed by atoms with Crippen molar-refractivity contribution in [3.05, 3.63) is 30.5 Å². The fourth-order valence-electron chi connectivity index (χ4n) is 7.96. The number of ether oxygens (including phenoxy) is 2. The van der Waals surface area contributed by atoms with E-state index in [0.717, 1.165) is 48.5 Å². The van der Waals surface area contributed by atoms with Crippen molar-refractivity contribution < 1.29 is 31.9 Å². The van der Waals surface area contributed by atoms with Crippen molar-refractivity contribution >= 4 is 46.7 Å². The lowest BCUT2D eigenvalue weighted by Crippen LogP contribution is -2.59. The van der Waals surface area contributed by atoms with Crippen LogP contribution < -0.4 is 4.90 Å². The van der Waals surface area contributed by atoms with E-state index in [9.17, 15) is 22.4 Å². The van der Waals surface area contributed by atoms with E-state index in [1.807, 2.05) is 46.2 Å². The van der Waals surface area contributed by atoms with Crippen molar-refractivity contribution in [2.24, 2.45) is 0 Å². The monoisotopic (exact) mass is 788 g/mol. The van der Waals surface area contributed by atoms with Gasteiger partial charge in [0.15, 0.2) is 0 Å². The van der Waals surface area contributed by atoms with Crippen LogP contribution in [0.5, 0.6) is 0 Å². The first-order valence-electron chi connectivity index (χ1n) is 19.6. The number of rotatable bonds is 13. The number of piperazine rings is 1. The molecule has 2 aliphatic carbocycles. The largest absolute Gasteiger partial charge is 0.444 e. The summed E-state index contributed by atoms with van der Waals surface area (Å²) in [6.07, 6.45) is 4.59. The van der Waals surface area contributed by atoms with Crippen LogP contribution in [0.15, 0.2) is 29.7 Å². The second-order valence-electron chi connectivity index (χ2n) is 18.5. The second kappa shape index (κ2) is 14.8. The van der Waals surface area contributed by atoms with Crippen molar-refractivity contribution in [3.8, 4) is 0 Å². The van der Waals surface area contributed by atoms with Gasteiger partial charge in [-0.05, 0) is 97.9 Å². The van der Waals surface area contributed by atoms with Crippen LogP contribution in [-0.2, 0) is 24.3 Å². The normalized spacial score (nSPS) is 24.8. The Labute approximate surface area is 322 Å². The number of carbonyl (C=O) groups is 2. The molecule has 54 heavy (non-hydrogen) atoms. The summed E-state index contributed by atoms with van der Waals surface area (Å²) >= 11 is 0. The van der Waals surface area contributed by atoms with E-state index >= 15 is 0 Å². The number of sulfonamides is 1. The number of benzene rings is 1. The number of hydrogen-bond donors (Lipinski definition) is 0. The van der Waals surface area contributed by atoms with Crippen LogP contribution in [0, 0.1) is 0 Å². The van der Waals surface area contributed by atoms with E-state index < -0.39 is 42.0 Å². The minimum absolute atomic E-state index is 0.0364. The zero-order valence-electron chi connectivity index (χ0n) is 33.7. The van der Waals surface area contributed by atoms with Crippen LogP contribution in [0.2, 0.25) is 25.7 Å². The van der Waals surface area contributed by atoms with Gasteiger partial charge in [0.2, 0.25) is 15.9 Å². The Morgan fingerprint density at radius 3 is 2.30 bits per heavy atom. The van der Waals surface area contributed by atoms with Gasteiger partial charge < -0.3 is 19.3 Å². The number of nitrogens with zero attached hydrogens (tertiary/aromatic N) is 6. The summed E-state index contributed by atoms with van der Waals surface area (Å²) in [5, 5.41) is 6.08. The topological polar surface area (TPSA) is 118 Å². The lowest BCUT2D eigenvalue weighted by atomic mass is 10.0. The Balaban J connectivity index is 1.47. The molecule has 6 rings (SSSR count). The summed E-state index contributed by atoms with van der Waals surface area (Å²) in [6.45, 7) is 22.9. The van der Waals surface area contributed by atoms with Gasteiger partial charge in [0.1, 0.15) is 19.0 Å². The highest BCUT2D eigenvalue weighted by Crippen LogP contribution is 2.49. The average molecular weight is 789 g/mol. The molecule has 0 spiro atoms. The summed E-state index contributed by atoms with van der Waals surface area (Å²) in [5.74, 6) is -0.130. The highest BCUT2D eigenvalue weighted by atomic mass is 32.2. The van der Waals surface area contributed by atoms with Crippen molar-refractivity contribution in [2.45, 2.75) is 145 Å². The third kappa shape index (κ3) is 8.39. The molecule has 2 saturated carbocycles. The number of aromatic nitrogens is 2. The van der Waals surface area contributed by atoms with E-state index in [0.29, 0.717) is 31.6 Å². The molecule has 15 heteroatoms. The molecule has 0 bridgehead atoms. The Hall–Kier alpha value is -3.01. The number of alkyl halides is 1. The first kappa shape index (κ1) is 40.6. The number of amides is 2. The number of likely N-dealkylation sites (tertiary alicyclic amines) is 1. The van der Waals surface area contributed by atoms with Gasteiger partial charge in [0, 0.05) is 56.8 Å². The smallest absolute Gasteiger partial charge is 0.410 e. The highest BCUT2D eigenvalue weighted by molar-refractivity contribution is 7.89. The van der Waals surface area contributed by atoms with Crippen LogP contribution in [0.1, 0.15) is 91.3 Å². The zero-order chi connectivity index (χ0) is 39.5. The van der Waals surface area contributed by atoms with Gasteiger partial charge in [-0.25, -0.2) is 17.6 Å². The molecule has 300 valence electrons. The maximum Gasteiger partial charge on any atom is 0.410 e. The van der Waals surface area contributed by atoms with Gasteiger partial charge in [0.25, 0.3) is 0 Å². The van der Waals surface area contributed by atoms with Crippen LogP contribution in [0.3, 0.4) is 0 Å². The quantitative estimate of drug-likeness (QED) is 0.0932. The molecular formula is C39H61FN6O6SSi. The van der Waals surface area contributed by atoms with E-state index in [2.05, 4.69) is 31.1 Å². The molecule has 3 heterocycles. The highest BCUT2D eigenvalue weighted by Gasteiger charge is 2.50. The Kier molecular flexibility index (Phi) is 11.1. The van der Waals surface area contributed by atoms with Gasteiger partial charge in [-0.15, -0.1) is 0 Å². The van der Waals surface area contributed by atoms with E-state index in [-0.39, 0.29) is 54.2 Å². The van der Waals surface area contributed by atoms with Gasteiger partial charge in [-0.2, -0.15) is 9.40 Å². The molecule has 2 saturated heterocycles. The SMILES string of the molecule is C=CC(=O)N1C[C@H](n2nc(C3CC3)c3c(N4C[C@H](C)N(C(=O)OC(C)(C)C)[C@@H](C)C4)cc(S(=O)(=O)N(COCC[Si](C)(C)C)C4(C)CC4)cc32)C[C@H]1CF. The molecule has 2 amide bonds. The van der Waals surface area contributed by atoms with Gasteiger partial charge in [-0.3, -0.25) is 14.4 Å². The predicted octanol–water partition coefficient (Wildman–Crippen LogP) is 6.90. The summed E-state index contributed by atoms with van der Waals surface area (Å²) in [7, 11) is -5.49. The van der Waals surface area contributed by atoms with Crippen molar-refractivity contribution in [1.29, 1.82) is 0 Å². The lowest BCUT2D eigenvalue weighted by molar-refractivity contribution is -0.127. The summed E-state index contributed by atoms with van der Waals surface area (Å²) in [5.41, 5.74) is 1.09. The number of anilines is 1. The minimum Gasteiger partial charge on any atom is -0.444 e. The van der Waals surface area contributed by atoms with Crippen LogP contribution in [-0.4, -0.2) is 121 Å². The van der Waals surface area contributed by atoms with Crippen molar-refractivity contribution in [3.63, 3.8) is 0 Å². The summed E-state index contributed by atoms with van der Waals surface area (Å²) < 4.78 is 59.6. The molecule has 2 aliphatic heterocycles. The molecule has 4 atom stereocenters. The third-order valence-electron chi connectivity index (χ3n) is 11.4. The third-order valence-corrected chi connectivity index (χ3v) is 15.0. The first-order chi connectivity index (χ1) is 25.2. The van der Waals surface area contributed by atoms with Gasteiger partial charge in [-0.1, -0.05) is 26.2 Å². The molecule has 12 nitrogen and oxygen atoms in total. The second-order valence-corrected chi connectivity index (χ2v) is 26.0. The van der Waals surface area contributed by atoms with E-state index in [1.54, 1.807) is 17.0 Å². The molecular weight excluding hydrogens is 728 g/mol. The van der Waals surface area contributed by atoms with Crippen molar-refractivity contribution in [2.75, 3.05) is 44.5 Å². The molecule has 0 unspecified atom stereocenters. The van der Waals surface area contributed by atoms with Crippen LogP contribution in [0.4, 0.5) is 14.9 Å². The molecule has 4 aliphatic rings. The maximum atomic E-state index is 15.0. The number of fused-ring (bicyclic) bond motifs is 1. The fraction of sp³-hybridized carbons (Fsp3) is 0.718. The molecule has 1 aromatic heterocycles. The van der Waals surface area contributed by atoms with E-state index in [1.165, 1.54) is 15.3 Å². The lowest BCUT2D eigenvalue weighted by Gasteiger charge is -2.45.